The normalized spacial score (nSPS) is 23.6. The summed E-state index contributed by atoms with van der Waals surface area (Å²) in [5.41, 5.74) is 2.21. The molecule has 0 amide bonds. The summed E-state index contributed by atoms with van der Waals surface area (Å²) in [7, 11) is 0. The van der Waals surface area contributed by atoms with Crippen LogP contribution in [-0.4, -0.2) is 9.75 Å². The lowest BCUT2D eigenvalue weighted by molar-refractivity contribution is 0.413. The zero-order chi connectivity index (χ0) is 15.0. The number of hydrogen-bond acceptors (Lipinski definition) is 0. The first kappa shape index (κ1) is 15.7. The van der Waals surface area contributed by atoms with E-state index in [2.05, 4.69) is 56.3 Å². The van der Waals surface area contributed by atoms with Gasteiger partial charge in [0.05, 0.1) is 9.75 Å². The molecule has 0 aliphatic heterocycles. The van der Waals surface area contributed by atoms with Crippen LogP contribution < -0.4 is 0 Å². The van der Waals surface area contributed by atoms with Gasteiger partial charge in [-0.2, -0.15) is 0 Å². The Morgan fingerprint density at radius 2 is 1.60 bits per heavy atom. The van der Waals surface area contributed by atoms with Gasteiger partial charge < -0.3 is 0 Å². The first-order valence-corrected chi connectivity index (χ1v) is 7.76. The molecule has 0 heterocycles. The predicted molar refractivity (Wildman–Crippen MR) is 89.8 cm³/mol. The second kappa shape index (κ2) is 5.24. The van der Waals surface area contributed by atoms with E-state index < -0.39 is 0 Å². The van der Waals surface area contributed by atoms with Crippen molar-refractivity contribution in [2.24, 2.45) is 0 Å². The summed E-state index contributed by atoms with van der Waals surface area (Å²) in [6.07, 6.45) is 7.46. The summed E-state index contributed by atoms with van der Waals surface area (Å²) in [6.45, 7) is 8.20. The highest BCUT2D eigenvalue weighted by molar-refractivity contribution is 6.26. The number of benzene rings is 1. The number of halogens is 2. The molecule has 0 N–H and O–H groups in total. The van der Waals surface area contributed by atoms with Crippen LogP contribution in [0.1, 0.15) is 39.7 Å². The Hall–Kier alpha value is -0.720. The highest BCUT2D eigenvalue weighted by Crippen LogP contribution is 2.47. The highest BCUT2D eigenvalue weighted by atomic mass is 35.5. The van der Waals surface area contributed by atoms with Crippen LogP contribution in [-0.2, 0) is 5.41 Å². The SMILES string of the molecule is CC(C)(Cl)C1=CCC(c2ccccc2)(C(C)(C)Cl)C=C1. The largest absolute Gasteiger partial charge is 0.119 e. The van der Waals surface area contributed by atoms with Crippen molar-refractivity contribution in [3.8, 4) is 0 Å². The molecule has 0 radical (unpaired) electrons. The van der Waals surface area contributed by atoms with E-state index in [-0.39, 0.29) is 15.2 Å². The molecule has 1 aliphatic carbocycles. The molecule has 0 saturated heterocycles. The quantitative estimate of drug-likeness (QED) is 0.615. The Labute approximate surface area is 132 Å². The smallest absolute Gasteiger partial charge is 0.0635 e. The number of rotatable bonds is 3. The van der Waals surface area contributed by atoms with Crippen LogP contribution in [0.3, 0.4) is 0 Å². The molecule has 1 aromatic rings. The van der Waals surface area contributed by atoms with Gasteiger partial charge in [-0.15, -0.1) is 23.2 Å². The summed E-state index contributed by atoms with van der Waals surface area (Å²) in [6, 6.07) is 10.5. The standard InChI is InChI=1S/C18H22Cl2/c1-16(2,19)14-10-12-18(13-11-14,17(3,4)20)15-8-6-5-7-9-15/h5-12H,13H2,1-4H3. The zero-order valence-electron chi connectivity index (χ0n) is 12.6. The van der Waals surface area contributed by atoms with Crippen molar-refractivity contribution in [2.45, 2.75) is 49.3 Å². The highest BCUT2D eigenvalue weighted by Gasteiger charge is 2.44. The van der Waals surface area contributed by atoms with Gasteiger partial charge in [-0.25, -0.2) is 0 Å². The van der Waals surface area contributed by atoms with Gasteiger partial charge in [-0.05, 0) is 45.3 Å². The summed E-state index contributed by atoms with van der Waals surface area (Å²) < 4.78 is 0. The van der Waals surface area contributed by atoms with Gasteiger partial charge in [-0.1, -0.05) is 48.6 Å². The Morgan fingerprint density at radius 3 is 2.00 bits per heavy atom. The average molecular weight is 309 g/mol. The molecule has 1 aromatic carbocycles. The molecule has 1 aliphatic rings. The van der Waals surface area contributed by atoms with Crippen molar-refractivity contribution in [1.82, 2.24) is 0 Å². The van der Waals surface area contributed by atoms with E-state index in [4.69, 9.17) is 23.2 Å². The molecule has 1 atom stereocenters. The molecule has 0 fully saturated rings. The summed E-state index contributed by atoms with van der Waals surface area (Å²) in [5.74, 6) is 0. The van der Waals surface area contributed by atoms with Gasteiger partial charge in [0.1, 0.15) is 0 Å². The maximum absolute atomic E-state index is 6.75. The van der Waals surface area contributed by atoms with E-state index >= 15 is 0 Å². The zero-order valence-corrected chi connectivity index (χ0v) is 14.1. The van der Waals surface area contributed by atoms with Crippen LogP contribution in [0.15, 0.2) is 54.1 Å². The Morgan fingerprint density at radius 1 is 1.00 bits per heavy atom. The first-order valence-electron chi connectivity index (χ1n) is 7.00. The lowest BCUT2D eigenvalue weighted by Gasteiger charge is -2.43. The van der Waals surface area contributed by atoms with E-state index in [9.17, 15) is 0 Å². The van der Waals surface area contributed by atoms with Gasteiger partial charge in [0.2, 0.25) is 0 Å². The van der Waals surface area contributed by atoms with E-state index in [0.717, 1.165) is 12.0 Å². The monoisotopic (exact) mass is 308 g/mol. The molecule has 20 heavy (non-hydrogen) atoms. The second-order valence-electron chi connectivity index (χ2n) is 6.48. The van der Waals surface area contributed by atoms with E-state index in [0.29, 0.717) is 0 Å². The molecule has 0 aromatic heterocycles. The Balaban J connectivity index is 2.46. The fourth-order valence-electron chi connectivity index (χ4n) is 2.81. The van der Waals surface area contributed by atoms with Crippen LogP contribution in [0.5, 0.6) is 0 Å². The third-order valence-electron chi connectivity index (χ3n) is 4.23. The van der Waals surface area contributed by atoms with Crippen LogP contribution >= 0.6 is 23.2 Å². The molecule has 108 valence electrons. The minimum atomic E-state index is -0.372. The minimum Gasteiger partial charge on any atom is -0.119 e. The fourth-order valence-corrected chi connectivity index (χ4v) is 3.20. The van der Waals surface area contributed by atoms with Gasteiger partial charge in [-0.3, -0.25) is 0 Å². The van der Waals surface area contributed by atoms with Crippen molar-refractivity contribution in [3.05, 3.63) is 59.7 Å². The van der Waals surface area contributed by atoms with Gasteiger partial charge >= 0.3 is 0 Å². The van der Waals surface area contributed by atoms with Crippen molar-refractivity contribution in [3.63, 3.8) is 0 Å². The number of alkyl halides is 2. The topological polar surface area (TPSA) is 0 Å². The maximum Gasteiger partial charge on any atom is 0.0635 e. The predicted octanol–water partition coefficient (Wildman–Crippen LogP) is 5.85. The molecule has 0 spiro atoms. The average Bonchev–Trinajstić information content (AvgIpc) is 2.37. The van der Waals surface area contributed by atoms with Gasteiger partial charge in [0, 0.05) is 5.41 Å². The van der Waals surface area contributed by atoms with E-state index in [1.165, 1.54) is 5.56 Å². The lowest BCUT2D eigenvalue weighted by Crippen LogP contribution is -2.43. The third-order valence-corrected chi connectivity index (χ3v) is 4.78. The van der Waals surface area contributed by atoms with Crippen LogP contribution in [0.25, 0.3) is 0 Å². The molecule has 0 nitrogen and oxygen atoms in total. The summed E-state index contributed by atoms with van der Waals surface area (Å²) in [4.78, 5) is -0.709. The third kappa shape index (κ3) is 2.82. The molecule has 1 unspecified atom stereocenters. The fraction of sp³-hybridized carbons (Fsp3) is 0.444. The van der Waals surface area contributed by atoms with Gasteiger partial charge in [0.15, 0.2) is 0 Å². The van der Waals surface area contributed by atoms with Crippen LogP contribution in [0, 0.1) is 0 Å². The Bertz CT molecular complexity index is 527. The summed E-state index contributed by atoms with van der Waals surface area (Å²) >= 11 is 13.2. The maximum atomic E-state index is 6.75. The van der Waals surface area contributed by atoms with Crippen LogP contribution in [0.4, 0.5) is 0 Å². The van der Waals surface area contributed by atoms with Crippen molar-refractivity contribution in [2.75, 3.05) is 0 Å². The number of allylic oxidation sites excluding steroid dienone is 4. The van der Waals surface area contributed by atoms with Crippen molar-refractivity contribution in [1.29, 1.82) is 0 Å². The van der Waals surface area contributed by atoms with E-state index in [1.807, 2.05) is 19.9 Å². The molecule has 2 rings (SSSR count). The Kier molecular flexibility index (Phi) is 4.10. The molecular formula is C18H22Cl2. The van der Waals surface area contributed by atoms with Crippen molar-refractivity contribution < 1.29 is 0 Å². The lowest BCUT2D eigenvalue weighted by atomic mass is 9.66. The summed E-state index contributed by atoms with van der Waals surface area (Å²) in [5, 5.41) is 0. The molecular weight excluding hydrogens is 287 g/mol. The minimum absolute atomic E-state index is 0.193. The van der Waals surface area contributed by atoms with Crippen molar-refractivity contribution >= 4 is 23.2 Å². The second-order valence-corrected chi connectivity index (χ2v) is 8.37. The molecule has 0 saturated carbocycles. The number of hydrogen-bond donors (Lipinski definition) is 0. The first-order chi connectivity index (χ1) is 9.17. The van der Waals surface area contributed by atoms with Gasteiger partial charge in [0.25, 0.3) is 0 Å². The molecule has 0 bridgehead atoms. The van der Waals surface area contributed by atoms with Crippen LogP contribution in [0.2, 0.25) is 0 Å². The molecule has 2 heteroatoms. The van der Waals surface area contributed by atoms with E-state index in [1.54, 1.807) is 0 Å².